The van der Waals surface area contributed by atoms with E-state index in [-0.39, 0.29) is 30.3 Å². The number of hydrogen-bond acceptors (Lipinski definition) is 3. The Hall–Kier alpha value is -2.46. The zero-order valence-electron chi connectivity index (χ0n) is 12.9. The number of rotatable bonds is 3. The van der Waals surface area contributed by atoms with Gasteiger partial charge < -0.3 is 5.32 Å². The van der Waals surface area contributed by atoms with Crippen LogP contribution >= 0.6 is 11.6 Å². The van der Waals surface area contributed by atoms with Gasteiger partial charge >= 0.3 is 0 Å². The fourth-order valence-corrected chi connectivity index (χ4v) is 3.18. The minimum absolute atomic E-state index is 0.157. The Balaban J connectivity index is 1.74. The van der Waals surface area contributed by atoms with Gasteiger partial charge in [-0.3, -0.25) is 14.4 Å². The van der Waals surface area contributed by atoms with E-state index in [9.17, 15) is 14.4 Å². The molecule has 1 aliphatic rings. The number of halogens is 1. The first kappa shape index (κ1) is 16.4. The number of para-hydroxylation sites is 1. The molecule has 2 aromatic carbocycles. The van der Waals surface area contributed by atoms with Crippen LogP contribution in [0.15, 0.2) is 54.6 Å². The molecule has 0 radical (unpaired) electrons. The molecule has 1 amide bonds. The smallest absolute Gasteiger partial charge is 0.242 e. The van der Waals surface area contributed by atoms with Crippen molar-refractivity contribution in [2.24, 2.45) is 5.92 Å². The predicted octanol–water partition coefficient (Wildman–Crippen LogP) is 3.61. The van der Waals surface area contributed by atoms with E-state index in [1.807, 2.05) is 30.3 Å². The van der Waals surface area contributed by atoms with Crippen molar-refractivity contribution in [1.29, 1.82) is 0 Å². The van der Waals surface area contributed by atoms with Crippen LogP contribution in [0.4, 0.5) is 5.69 Å². The van der Waals surface area contributed by atoms with Gasteiger partial charge in [-0.05, 0) is 23.6 Å². The van der Waals surface area contributed by atoms with Gasteiger partial charge in [0, 0.05) is 12.8 Å². The van der Waals surface area contributed by atoms with Crippen LogP contribution in [0, 0.1) is 5.92 Å². The highest BCUT2D eigenvalue weighted by atomic mass is 35.5. The highest BCUT2D eigenvalue weighted by Crippen LogP contribution is 2.32. The van der Waals surface area contributed by atoms with E-state index in [1.165, 1.54) is 0 Å². The number of anilines is 1. The molecule has 0 aromatic heterocycles. The maximum Gasteiger partial charge on any atom is 0.242 e. The summed E-state index contributed by atoms with van der Waals surface area (Å²) < 4.78 is 0. The van der Waals surface area contributed by atoms with E-state index in [0.29, 0.717) is 10.7 Å². The molecule has 1 N–H and O–H groups in total. The number of nitrogens with one attached hydrogen (secondary N) is 1. The van der Waals surface area contributed by atoms with Gasteiger partial charge in [-0.2, -0.15) is 0 Å². The molecule has 0 saturated heterocycles. The largest absolute Gasteiger partial charge is 0.324 e. The summed E-state index contributed by atoms with van der Waals surface area (Å²) >= 11 is 6.00. The Morgan fingerprint density at radius 2 is 1.50 bits per heavy atom. The standard InChI is InChI=1S/C19H16ClNO3/c20-14-8-4-5-9-15(14)21-19(24)18-16(22)10-13(11-17(18)23)12-6-2-1-3-7-12/h1-9,13,18H,10-11H2,(H,21,24). The lowest BCUT2D eigenvalue weighted by molar-refractivity contribution is -0.141. The van der Waals surface area contributed by atoms with Gasteiger partial charge in [0.05, 0.1) is 10.7 Å². The Kier molecular flexibility index (Phi) is 4.76. The molecule has 3 rings (SSSR count). The molecule has 0 aliphatic heterocycles. The molecule has 0 heterocycles. The second kappa shape index (κ2) is 6.97. The number of benzene rings is 2. The minimum Gasteiger partial charge on any atom is -0.324 e. The van der Waals surface area contributed by atoms with E-state index in [2.05, 4.69) is 5.32 Å². The molecule has 1 fully saturated rings. The zero-order chi connectivity index (χ0) is 17.1. The van der Waals surface area contributed by atoms with Crippen LogP contribution in [0.1, 0.15) is 24.3 Å². The highest BCUT2D eigenvalue weighted by Gasteiger charge is 2.40. The van der Waals surface area contributed by atoms with E-state index >= 15 is 0 Å². The molecule has 5 heteroatoms. The Morgan fingerprint density at radius 3 is 2.12 bits per heavy atom. The molecule has 0 bridgehead atoms. The number of hydrogen-bond donors (Lipinski definition) is 1. The topological polar surface area (TPSA) is 63.2 Å². The van der Waals surface area contributed by atoms with Gasteiger partial charge in [0.2, 0.25) is 5.91 Å². The van der Waals surface area contributed by atoms with E-state index in [4.69, 9.17) is 11.6 Å². The van der Waals surface area contributed by atoms with Crippen molar-refractivity contribution in [3.05, 3.63) is 65.2 Å². The van der Waals surface area contributed by atoms with Crippen LogP contribution in [-0.2, 0) is 14.4 Å². The summed E-state index contributed by atoms with van der Waals surface area (Å²) in [4.78, 5) is 37.2. The van der Waals surface area contributed by atoms with Gasteiger partial charge in [0.1, 0.15) is 0 Å². The molecule has 0 spiro atoms. The maximum absolute atomic E-state index is 12.4. The van der Waals surface area contributed by atoms with Gasteiger partial charge in [0.15, 0.2) is 17.5 Å². The quantitative estimate of drug-likeness (QED) is 0.867. The van der Waals surface area contributed by atoms with E-state index < -0.39 is 11.8 Å². The molecule has 4 nitrogen and oxygen atoms in total. The van der Waals surface area contributed by atoms with Crippen molar-refractivity contribution in [2.45, 2.75) is 18.8 Å². The van der Waals surface area contributed by atoms with Gasteiger partial charge in [0.25, 0.3) is 0 Å². The first-order valence-electron chi connectivity index (χ1n) is 7.72. The summed E-state index contributed by atoms with van der Waals surface area (Å²) in [6, 6.07) is 16.1. The first-order chi connectivity index (χ1) is 11.6. The number of carbonyl (C=O) groups excluding carboxylic acids is 3. The van der Waals surface area contributed by atoms with Crippen LogP contribution in [0.2, 0.25) is 5.02 Å². The third-order valence-corrected chi connectivity index (χ3v) is 4.53. The molecular formula is C19H16ClNO3. The average Bonchev–Trinajstić information content (AvgIpc) is 2.57. The molecular weight excluding hydrogens is 326 g/mol. The molecule has 24 heavy (non-hydrogen) atoms. The SMILES string of the molecule is O=C1CC(c2ccccc2)CC(=O)C1C(=O)Nc1ccccc1Cl. The third kappa shape index (κ3) is 3.39. The van der Waals surface area contributed by atoms with Crippen molar-refractivity contribution in [3.63, 3.8) is 0 Å². The molecule has 1 aliphatic carbocycles. The third-order valence-electron chi connectivity index (χ3n) is 4.20. The van der Waals surface area contributed by atoms with Crippen LogP contribution < -0.4 is 5.32 Å². The summed E-state index contributed by atoms with van der Waals surface area (Å²) in [5, 5.41) is 2.95. The van der Waals surface area contributed by atoms with Crippen LogP contribution in [0.5, 0.6) is 0 Å². The lowest BCUT2D eigenvalue weighted by atomic mass is 9.76. The minimum atomic E-state index is -1.25. The van der Waals surface area contributed by atoms with Crippen molar-refractivity contribution < 1.29 is 14.4 Å². The monoisotopic (exact) mass is 341 g/mol. The molecule has 0 atom stereocenters. The Bertz CT molecular complexity index is 770. The summed E-state index contributed by atoms with van der Waals surface area (Å²) in [6.45, 7) is 0. The van der Waals surface area contributed by atoms with Gasteiger partial charge in [-0.25, -0.2) is 0 Å². The van der Waals surface area contributed by atoms with Gasteiger partial charge in [-0.1, -0.05) is 54.1 Å². The lowest BCUT2D eigenvalue weighted by Crippen LogP contribution is -2.41. The van der Waals surface area contributed by atoms with E-state index in [0.717, 1.165) is 5.56 Å². The maximum atomic E-state index is 12.4. The van der Waals surface area contributed by atoms with E-state index in [1.54, 1.807) is 24.3 Å². The van der Waals surface area contributed by atoms with Crippen molar-refractivity contribution in [1.82, 2.24) is 0 Å². The number of carbonyl (C=O) groups is 3. The summed E-state index contributed by atoms with van der Waals surface area (Å²) in [7, 11) is 0. The summed E-state index contributed by atoms with van der Waals surface area (Å²) in [6.07, 6.45) is 0.382. The second-order valence-corrected chi connectivity index (χ2v) is 6.26. The predicted molar refractivity (Wildman–Crippen MR) is 92.0 cm³/mol. The Morgan fingerprint density at radius 1 is 0.917 bits per heavy atom. The highest BCUT2D eigenvalue weighted by molar-refractivity contribution is 6.34. The van der Waals surface area contributed by atoms with Gasteiger partial charge in [-0.15, -0.1) is 0 Å². The normalized spacial score (nSPS) is 20.7. The van der Waals surface area contributed by atoms with Crippen LogP contribution in [0.25, 0.3) is 0 Å². The fourth-order valence-electron chi connectivity index (χ4n) is 2.99. The Labute approximate surface area is 144 Å². The van der Waals surface area contributed by atoms with Crippen LogP contribution in [-0.4, -0.2) is 17.5 Å². The second-order valence-electron chi connectivity index (χ2n) is 5.85. The fraction of sp³-hybridized carbons (Fsp3) is 0.211. The summed E-state index contributed by atoms with van der Waals surface area (Å²) in [5.74, 6) is -2.70. The van der Waals surface area contributed by atoms with Crippen molar-refractivity contribution in [2.75, 3.05) is 5.32 Å². The zero-order valence-corrected chi connectivity index (χ0v) is 13.6. The number of ketones is 2. The average molecular weight is 342 g/mol. The molecule has 0 unspecified atom stereocenters. The molecule has 1 saturated carbocycles. The molecule has 122 valence electrons. The van der Waals surface area contributed by atoms with Crippen molar-refractivity contribution in [3.8, 4) is 0 Å². The van der Waals surface area contributed by atoms with Crippen molar-refractivity contribution >= 4 is 34.8 Å². The number of Topliss-reactive ketones (excluding diaryl/α,β-unsaturated/α-hetero) is 2. The lowest BCUT2D eigenvalue weighted by Gasteiger charge is -2.26. The van der Waals surface area contributed by atoms with Crippen LogP contribution in [0.3, 0.4) is 0 Å². The first-order valence-corrected chi connectivity index (χ1v) is 8.10. The molecule has 2 aromatic rings. The summed E-state index contributed by atoms with van der Waals surface area (Å²) in [5.41, 5.74) is 1.35. The number of amides is 1.